The second-order valence-corrected chi connectivity index (χ2v) is 6.58. The van der Waals surface area contributed by atoms with E-state index in [0.717, 1.165) is 19.4 Å². The van der Waals surface area contributed by atoms with Gasteiger partial charge in [-0.3, -0.25) is 14.7 Å². The van der Waals surface area contributed by atoms with Crippen molar-refractivity contribution < 1.29 is 18.0 Å². The van der Waals surface area contributed by atoms with Gasteiger partial charge in [0.05, 0.1) is 6.54 Å². The van der Waals surface area contributed by atoms with Gasteiger partial charge in [-0.2, -0.15) is 13.2 Å². The SMILES string of the molecule is CCNC(=NCCCN1CCCC1=O)NC1CCN(CC(F)(F)F)C1.I. The van der Waals surface area contributed by atoms with Crippen LogP contribution < -0.4 is 10.6 Å². The number of halogens is 4. The molecule has 0 aliphatic carbocycles. The summed E-state index contributed by atoms with van der Waals surface area (Å²) in [6, 6.07) is -0.0275. The molecule has 2 aliphatic heterocycles. The van der Waals surface area contributed by atoms with Crippen LogP contribution >= 0.6 is 24.0 Å². The summed E-state index contributed by atoms with van der Waals surface area (Å²) < 4.78 is 37.4. The van der Waals surface area contributed by atoms with Crippen molar-refractivity contribution in [3.05, 3.63) is 0 Å². The van der Waals surface area contributed by atoms with E-state index in [1.165, 1.54) is 4.90 Å². The Morgan fingerprint density at radius 2 is 2.12 bits per heavy atom. The smallest absolute Gasteiger partial charge is 0.357 e. The normalized spacial score (nSPS) is 21.8. The second kappa shape index (κ2) is 11.2. The molecular weight excluding hydrogens is 462 g/mol. The molecule has 10 heteroatoms. The predicted octanol–water partition coefficient (Wildman–Crippen LogP) is 1.81. The van der Waals surface area contributed by atoms with E-state index in [1.807, 2.05) is 11.8 Å². The molecule has 0 aromatic rings. The second-order valence-electron chi connectivity index (χ2n) is 6.58. The van der Waals surface area contributed by atoms with Gasteiger partial charge in [0.1, 0.15) is 0 Å². The first-order chi connectivity index (χ1) is 11.9. The molecule has 0 spiro atoms. The van der Waals surface area contributed by atoms with Crippen LogP contribution in [0, 0.1) is 0 Å². The molecule has 2 fully saturated rings. The standard InChI is InChI=1S/C16H28F3N5O.HI/c1-2-20-15(21-7-4-9-24-8-3-5-14(24)25)22-13-6-10-23(11-13)12-16(17,18)19;/h13H,2-12H2,1H3,(H2,20,21,22);1H. The van der Waals surface area contributed by atoms with E-state index in [2.05, 4.69) is 15.6 Å². The molecule has 0 aromatic carbocycles. The van der Waals surface area contributed by atoms with Crippen molar-refractivity contribution in [2.24, 2.45) is 4.99 Å². The molecule has 2 aliphatic rings. The molecule has 0 bridgehead atoms. The fourth-order valence-electron chi connectivity index (χ4n) is 3.25. The number of carbonyl (C=O) groups is 1. The lowest BCUT2D eigenvalue weighted by molar-refractivity contribution is -0.143. The number of hydrogen-bond acceptors (Lipinski definition) is 3. The maximum absolute atomic E-state index is 12.5. The van der Waals surface area contributed by atoms with E-state index >= 15 is 0 Å². The van der Waals surface area contributed by atoms with Crippen LogP contribution in [-0.4, -0.2) is 79.7 Å². The molecular formula is C16H29F3IN5O. The van der Waals surface area contributed by atoms with Gasteiger partial charge in [-0.15, -0.1) is 24.0 Å². The van der Waals surface area contributed by atoms with Gasteiger partial charge in [0.25, 0.3) is 0 Å². The van der Waals surface area contributed by atoms with Crippen LogP contribution in [0.3, 0.4) is 0 Å². The van der Waals surface area contributed by atoms with Gasteiger partial charge in [0.15, 0.2) is 5.96 Å². The van der Waals surface area contributed by atoms with E-state index < -0.39 is 12.7 Å². The summed E-state index contributed by atoms with van der Waals surface area (Å²) >= 11 is 0. The van der Waals surface area contributed by atoms with E-state index in [1.54, 1.807) is 0 Å². The van der Waals surface area contributed by atoms with E-state index in [4.69, 9.17) is 0 Å². The summed E-state index contributed by atoms with van der Waals surface area (Å²) in [5.41, 5.74) is 0. The first-order valence-corrected chi connectivity index (χ1v) is 8.99. The maximum Gasteiger partial charge on any atom is 0.401 e. The van der Waals surface area contributed by atoms with Crippen molar-refractivity contribution in [3.63, 3.8) is 0 Å². The lowest BCUT2D eigenvalue weighted by Gasteiger charge is -2.20. The molecule has 2 heterocycles. The van der Waals surface area contributed by atoms with Crippen molar-refractivity contribution in [1.29, 1.82) is 0 Å². The number of alkyl halides is 3. The minimum absolute atomic E-state index is 0. The number of aliphatic imine (C=N–C) groups is 1. The highest BCUT2D eigenvalue weighted by molar-refractivity contribution is 14.0. The number of likely N-dealkylation sites (tertiary alicyclic amines) is 2. The monoisotopic (exact) mass is 491 g/mol. The molecule has 1 unspecified atom stereocenters. The number of amides is 1. The first kappa shape index (κ1) is 23.3. The van der Waals surface area contributed by atoms with Gasteiger partial charge in [0.2, 0.25) is 5.91 Å². The summed E-state index contributed by atoms with van der Waals surface area (Å²) in [5, 5.41) is 6.35. The molecule has 2 N–H and O–H groups in total. The summed E-state index contributed by atoms with van der Waals surface area (Å²) in [6.45, 7) is 4.71. The third-order valence-corrected chi connectivity index (χ3v) is 4.39. The highest BCUT2D eigenvalue weighted by Gasteiger charge is 2.34. The van der Waals surface area contributed by atoms with E-state index in [9.17, 15) is 18.0 Å². The Hall–Kier alpha value is -0.780. The van der Waals surface area contributed by atoms with Crippen LogP contribution in [0.15, 0.2) is 4.99 Å². The van der Waals surface area contributed by atoms with Crippen molar-refractivity contribution >= 4 is 35.8 Å². The van der Waals surface area contributed by atoms with Crippen molar-refractivity contribution in [1.82, 2.24) is 20.4 Å². The summed E-state index contributed by atoms with van der Waals surface area (Å²) in [4.78, 5) is 19.3. The Morgan fingerprint density at radius 3 is 2.73 bits per heavy atom. The molecule has 0 radical (unpaired) electrons. The van der Waals surface area contributed by atoms with Gasteiger partial charge in [-0.05, 0) is 26.2 Å². The minimum Gasteiger partial charge on any atom is -0.357 e. The Morgan fingerprint density at radius 1 is 1.35 bits per heavy atom. The lowest BCUT2D eigenvalue weighted by Crippen LogP contribution is -2.45. The van der Waals surface area contributed by atoms with Crippen molar-refractivity contribution in [3.8, 4) is 0 Å². The quantitative estimate of drug-likeness (QED) is 0.247. The zero-order valence-corrected chi connectivity index (χ0v) is 17.5. The third-order valence-electron chi connectivity index (χ3n) is 4.39. The van der Waals surface area contributed by atoms with Crippen LogP contribution in [-0.2, 0) is 4.79 Å². The van der Waals surface area contributed by atoms with Gasteiger partial charge in [-0.1, -0.05) is 0 Å². The molecule has 0 saturated carbocycles. The summed E-state index contributed by atoms with van der Waals surface area (Å²) in [5.74, 6) is 0.846. The minimum atomic E-state index is -4.15. The van der Waals surface area contributed by atoms with E-state index in [-0.39, 0.29) is 35.9 Å². The topological polar surface area (TPSA) is 60.0 Å². The van der Waals surface area contributed by atoms with Gasteiger partial charge in [-0.25, -0.2) is 0 Å². The number of rotatable bonds is 7. The number of nitrogens with zero attached hydrogens (tertiary/aromatic N) is 3. The van der Waals surface area contributed by atoms with Gasteiger partial charge in [0, 0.05) is 51.7 Å². The molecule has 1 atom stereocenters. The lowest BCUT2D eigenvalue weighted by atomic mass is 10.3. The van der Waals surface area contributed by atoms with Crippen LogP contribution in [0.4, 0.5) is 13.2 Å². The Labute approximate surface area is 170 Å². The van der Waals surface area contributed by atoms with Gasteiger partial charge < -0.3 is 15.5 Å². The summed E-state index contributed by atoms with van der Waals surface area (Å²) in [7, 11) is 0. The predicted molar refractivity (Wildman–Crippen MR) is 106 cm³/mol. The highest BCUT2D eigenvalue weighted by atomic mass is 127. The Balaban J connectivity index is 0.00000338. The third kappa shape index (κ3) is 8.28. The van der Waals surface area contributed by atoms with Crippen molar-refractivity contribution in [2.75, 3.05) is 45.8 Å². The first-order valence-electron chi connectivity index (χ1n) is 8.99. The van der Waals surface area contributed by atoms with Crippen molar-refractivity contribution in [2.45, 2.75) is 44.8 Å². The molecule has 2 rings (SSSR count). The van der Waals surface area contributed by atoms with Crippen LogP contribution in [0.1, 0.15) is 32.6 Å². The average Bonchev–Trinajstić information content (AvgIpc) is 3.11. The fraction of sp³-hybridized carbons (Fsp3) is 0.875. The summed E-state index contributed by atoms with van der Waals surface area (Å²) in [6.07, 6.45) is -1.12. The zero-order chi connectivity index (χ0) is 18.3. The highest BCUT2D eigenvalue weighted by Crippen LogP contribution is 2.19. The molecule has 26 heavy (non-hydrogen) atoms. The fourth-order valence-corrected chi connectivity index (χ4v) is 3.25. The molecule has 152 valence electrons. The Kier molecular flexibility index (Phi) is 9.98. The van der Waals surface area contributed by atoms with Crippen LogP contribution in [0.2, 0.25) is 0 Å². The number of carbonyl (C=O) groups excluding carboxylic acids is 1. The average molecular weight is 491 g/mol. The molecule has 0 aromatic heterocycles. The van der Waals surface area contributed by atoms with E-state index in [0.29, 0.717) is 51.5 Å². The van der Waals surface area contributed by atoms with Gasteiger partial charge >= 0.3 is 6.18 Å². The molecule has 1 amide bonds. The number of hydrogen-bond donors (Lipinski definition) is 2. The molecule has 2 saturated heterocycles. The number of nitrogens with one attached hydrogen (secondary N) is 2. The van der Waals surface area contributed by atoms with Crippen LogP contribution in [0.5, 0.6) is 0 Å². The zero-order valence-electron chi connectivity index (χ0n) is 15.1. The number of guanidine groups is 1. The van der Waals surface area contributed by atoms with Crippen LogP contribution in [0.25, 0.3) is 0 Å². The Bertz CT molecular complexity index is 475. The largest absolute Gasteiger partial charge is 0.401 e. The maximum atomic E-state index is 12.5. The molecule has 6 nitrogen and oxygen atoms in total.